The van der Waals surface area contributed by atoms with E-state index < -0.39 is 17.7 Å². The highest BCUT2D eigenvalue weighted by molar-refractivity contribution is 8.03. The number of carbonyl (C=O) groups excluding carboxylic acids is 3. The Hall–Kier alpha value is -2.02. The molecule has 2 N–H and O–H groups in total. The molecule has 0 aromatic heterocycles. The minimum atomic E-state index is -0.516. The smallest absolute Gasteiger partial charge is 0.290 e. The van der Waals surface area contributed by atoms with Crippen molar-refractivity contribution in [2.45, 2.75) is 58.4 Å². The molecule has 2 aliphatic heterocycles. The van der Waals surface area contributed by atoms with Crippen molar-refractivity contribution < 1.29 is 14.4 Å². The molecule has 0 aromatic carbocycles. The van der Waals surface area contributed by atoms with Crippen LogP contribution in [-0.4, -0.2) is 47.5 Å². The lowest BCUT2D eigenvalue weighted by atomic mass is 9.97. The van der Waals surface area contributed by atoms with Gasteiger partial charge >= 0.3 is 0 Å². The van der Waals surface area contributed by atoms with Crippen LogP contribution >= 0.6 is 11.8 Å². The molecule has 152 valence electrons. The quantitative estimate of drug-likeness (QED) is 0.639. The first-order valence-corrected chi connectivity index (χ1v) is 11.1. The molecule has 6 nitrogen and oxygen atoms in total. The van der Waals surface area contributed by atoms with Gasteiger partial charge in [-0.05, 0) is 44.6 Å². The third kappa shape index (κ3) is 4.69. The van der Waals surface area contributed by atoms with Crippen molar-refractivity contribution in [1.82, 2.24) is 15.5 Å². The van der Waals surface area contributed by atoms with Crippen LogP contribution in [0.15, 0.2) is 33.9 Å². The van der Waals surface area contributed by atoms with Crippen LogP contribution in [0.25, 0.3) is 0 Å². The Kier molecular flexibility index (Phi) is 6.99. The maximum atomic E-state index is 12.6. The van der Waals surface area contributed by atoms with Gasteiger partial charge in [-0.25, -0.2) is 0 Å². The average Bonchev–Trinajstić information content (AvgIpc) is 3.35. The SMILES string of the molecule is CCCC(=O)C(=O)N1CCCC1C(=O)NCC1=CC=C(C2=C(C)NCS2)CC1. The van der Waals surface area contributed by atoms with Crippen LogP contribution < -0.4 is 10.6 Å². The van der Waals surface area contributed by atoms with E-state index in [4.69, 9.17) is 0 Å². The zero-order valence-electron chi connectivity index (χ0n) is 16.7. The summed E-state index contributed by atoms with van der Waals surface area (Å²) in [6, 6.07) is -0.516. The second-order valence-corrected chi connectivity index (χ2v) is 8.47. The van der Waals surface area contributed by atoms with E-state index in [1.165, 1.54) is 26.6 Å². The Morgan fingerprint density at radius 1 is 1.29 bits per heavy atom. The lowest BCUT2D eigenvalue weighted by Gasteiger charge is -2.24. The van der Waals surface area contributed by atoms with Crippen molar-refractivity contribution in [3.63, 3.8) is 0 Å². The number of hydrogen-bond acceptors (Lipinski definition) is 5. The summed E-state index contributed by atoms with van der Waals surface area (Å²) in [7, 11) is 0. The van der Waals surface area contributed by atoms with Crippen molar-refractivity contribution >= 4 is 29.4 Å². The van der Waals surface area contributed by atoms with E-state index in [0.717, 1.165) is 25.1 Å². The fourth-order valence-electron chi connectivity index (χ4n) is 3.85. The zero-order valence-corrected chi connectivity index (χ0v) is 17.5. The molecule has 0 spiro atoms. The first-order chi connectivity index (χ1) is 13.5. The van der Waals surface area contributed by atoms with Crippen molar-refractivity contribution in [3.8, 4) is 0 Å². The summed E-state index contributed by atoms with van der Waals surface area (Å²) in [5, 5.41) is 6.32. The number of Topliss-reactive ketones (excluding diaryl/α,β-unsaturated/α-hetero) is 1. The fraction of sp³-hybridized carbons (Fsp3) is 0.571. The van der Waals surface area contributed by atoms with Gasteiger partial charge in [0.15, 0.2) is 0 Å². The van der Waals surface area contributed by atoms with Crippen LogP contribution in [0.5, 0.6) is 0 Å². The monoisotopic (exact) mass is 403 g/mol. The van der Waals surface area contributed by atoms with E-state index >= 15 is 0 Å². The van der Waals surface area contributed by atoms with Crippen LogP contribution in [0.2, 0.25) is 0 Å². The molecule has 1 fully saturated rings. The summed E-state index contributed by atoms with van der Waals surface area (Å²) >= 11 is 1.84. The van der Waals surface area contributed by atoms with Gasteiger partial charge in [0.25, 0.3) is 5.91 Å². The second kappa shape index (κ2) is 9.45. The van der Waals surface area contributed by atoms with Gasteiger partial charge < -0.3 is 15.5 Å². The minimum absolute atomic E-state index is 0.153. The Morgan fingerprint density at radius 3 is 2.75 bits per heavy atom. The van der Waals surface area contributed by atoms with Crippen LogP contribution in [0.1, 0.15) is 52.4 Å². The molecule has 2 amide bonds. The van der Waals surface area contributed by atoms with Gasteiger partial charge in [-0.15, -0.1) is 11.8 Å². The molecule has 0 saturated carbocycles. The maximum absolute atomic E-state index is 12.6. The zero-order chi connectivity index (χ0) is 20.1. The molecule has 0 aromatic rings. The van der Waals surface area contributed by atoms with E-state index in [1.807, 2.05) is 18.7 Å². The molecule has 0 radical (unpaired) electrons. The third-order valence-corrected chi connectivity index (χ3v) is 6.59. The number of carbonyl (C=O) groups is 3. The summed E-state index contributed by atoms with van der Waals surface area (Å²) in [4.78, 5) is 39.7. The van der Waals surface area contributed by atoms with Crippen molar-refractivity contribution in [1.29, 1.82) is 0 Å². The fourth-order valence-corrected chi connectivity index (χ4v) is 4.93. The van der Waals surface area contributed by atoms with Gasteiger partial charge in [-0.1, -0.05) is 24.6 Å². The summed E-state index contributed by atoms with van der Waals surface area (Å²) < 4.78 is 0. The standard InChI is InChI=1S/C21H29N3O3S/c1-3-5-18(25)21(27)24-11-4-6-17(24)20(26)22-12-15-7-9-16(10-8-15)19-14(2)23-13-28-19/h7,9,17,23H,3-6,8,10-13H2,1-2H3,(H,22,26). The molecule has 1 unspecified atom stereocenters. The highest BCUT2D eigenvalue weighted by atomic mass is 32.2. The first-order valence-electron chi connectivity index (χ1n) is 10.1. The molecule has 2 heterocycles. The van der Waals surface area contributed by atoms with Crippen LogP contribution in [0.3, 0.4) is 0 Å². The van der Waals surface area contributed by atoms with Gasteiger partial charge in [0.05, 0.1) is 5.88 Å². The topological polar surface area (TPSA) is 78.5 Å². The highest BCUT2D eigenvalue weighted by Crippen LogP contribution is 2.35. The van der Waals surface area contributed by atoms with E-state index in [0.29, 0.717) is 25.9 Å². The molecule has 1 aliphatic carbocycles. The van der Waals surface area contributed by atoms with Gasteiger partial charge in [0, 0.05) is 30.1 Å². The largest absolute Gasteiger partial charge is 0.378 e. The number of thioether (sulfide) groups is 1. The van der Waals surface area contributed by atoms with Gasteiger partial charge in [0.2, 0.25) is 11.7 Å². The van der Waals surface area contributed by atoms with E-state index in [-0.39, 0.29) is 12.3 Å². The van der Waals surface area contributed by atoms with Crippen molar-refractivity contribution in [2.24, 2.45) is 0 Å². The predicted molar refractivity (Wildman–Crippen MR) is 111 cm³/mol. The third-order valence-electron chi connectivity index (χ3n) is 5.44. The molecule has 1 saturated heterocycles. The highest BCUT2D eigenvalue weighted by Gasteiger charge is 2.36. The number of allylic oxidation sites excluding steroid dienone is 4. The van der Waals surface area contributed by atoms with Crippen molar-refractivity contribution in [2.75, 3.05) is 19.0 Å². The molecule has 3 aliphatic rings. The normalized spacial score (nSPS) is 21.9. The molecular formula is C21H29N3O3S. The van der Waals surface area contributed by atoms with E-state index in [2.05, 4.69) is 29.7 Å². The summed E-state index contributed by atoms with van der Waals surface area (Å²) in [5.74, 6) is -0.114. The number of hydrogen-bond donors (Lipinski definition) is 2. The minimum Gasteiger partial charge on any atom is -0.378 e. The van der Waals surface area contributed by atoms with Crippen LogP contribution in [0.4, 0.5) is 0 Å². The first kappa shape index (κ1) is 20.7. The van der Waals surface area contributed by atoms with E-state index in [9.17, 15) is 14.4 Å². The Labute approximate surface area is 170 Å². The Bertz CT molecular complexity index is 754. The molecule has 3 rings (SSSR count). The summed E-state index contributed by atoms with van der Waals surface area (Å²) in [5.41, 5.74) is 3.78. The number of rotatable bonds is 7. The molecule has 1 atom stereocenters. The number of amides is 2. The van der Waals surface area contributed by atoms with Gasteiger partial charge in [-0.2, -0.15) is 0 Å². The lowest BCUT2D eigenvalue weighted by Crippen LogP contribution is -2.48. The van der Waals surface area contributed by atoms with Crippen LogP contribution in [0, 0.1) is 0 Å². The number of likely N-dealkylation sites (tertiary alicyclic amines) is 1. The molecule has 7 heteroatoms. The average molecular weight is 404 g/mol. The summed E-state index contributed by atoms with van der Waals surface area (Å²) in [6.45, 7) is 4.96. The summed E-state index contributed by atoms with van der Waals surface area (Å²) in [6.07, 6.45) is 8.42. The lowest BCUT2D eigenvalue weighted by molar-refractivity contribution is -0.147. The predicted octanol–water partition coefficient (Wildman–Crippen LogP) is 2.63. The molecule has 0 bridgehead atoms. The molecular weight excluding hydrogens is 374 g/mol. The van der Waals surface area contributed by atoms with Crippen molar-refractivity contribution in [3.05, 3.63) is 33.9 Å². The number of ketones is 1. The number of nitrogens with one attached hydrogen (secondary N) is 2. The van der Waals surface area contributed by atoms with Gasteiger partial charge in [-0.3, -0.25) is 14.4 Å². The maximum Gasteiger partial charge on any atom is 0.290 e. The van der Waals surface area contributed by atoms with Crippen LogP contribution in [-0.2, 0) is 14.4 Å². The number of nitrogens with zero attached hydrogens (tertiary/aromatic N) is 1. The van der Waals surface area contributed by atoms with E-state index in [1.54, 1.807) is 0 Å². The molecule has 28 heavy (non-hydrogen) atoms. The Morgan fingerprint density at radius 2 is 2.11 bits per heavy atom. The second-order valence-electron chi connectivity index (χ2n) is 7.48. The Balaban J connectivity index is 1.54. The van der Waals surface area contributed by atoms with Gasteiger partial charge in [0.1, 0.15) is 6.04 Å².